The highest BCUT2D eigenvalue weighted by Gasteiger charge is 2.28. The average Bonchev–Trinajstić information content (AvgIpc) is 2.00. The van der Waals surface area contributed by atoms with Gasteiger partial charge in [-0.15, -0.1) is 0 Å². The second-order valence-electron chi connectivity index (χ2n) is 2.46. The first kappa shape index (κ1) is 10.1. The van der Waals surface area contributed by atoms with Crippen molar-refractivity contribution in [2.24, 2.45) is 5.73 Å². The molecule has 4 nitrogen and oxygen atoms in total. The molecule has 0 aliphatic rings. The molecule has 0 aromatic rings. The van der Waals surface area contributed by atoms with Crippen LogP contribution in [0, 0.1) is 0 Å². The molecule has 11 heavy (non-hydrogen) atoms. The van der Waals surface area contributed by atoms with Gasteiger partial charge in [0.2, 0.25) is 0 Å². The molecule has 0 radical (unpaired) electrons. The predicted octanol–water partition coefficient (Wildman–Crippen LogP) is -0.575. The van der Waals surface area contributed by atoms with Gasteiger partial charge in [0, 0.05) is 0 Å². The normalized spacial score (nSPS) is 15.2. The third-order valence-electron chi connectivity index (χ3n) is 1.13. The molecule has 0 aromatic carbocycles. The summed E-state index contributed by atoms with van der Waals surface area (Å²) >= 11 is 0. The summed E-state index contributed by atoms with van der Waals surface area (Å²) in [4.78, 5) is 10.9. The van der Waals surface area contributed by atoms with Crippen LogP contribution in [-0.2, 0) is 9.53 Å². The summed E-state index contributed by atoms with van der Waals surface area (Å²) in [5, 5.41) is 8.61. The van der Waals surface area contributed by atoms with E-state index in [0.29, 0.717) is 0 Å². The fraction of sp³-hybridized carbons (Fsp3) is 0.571. The van der Waals surface area contributed by atoms with Crippen molar-refractivity contribution in [1.29, 1.82) is 0 Å². The lowest BCUT2D eigenvalue weighted by molar-refractivity contribution is -0.149. The lowest BCUT2D eigenvalue weighted by Gasteiger charge is -2.18. The second-order valence-corrected chi connectivity index (χ2v) is 2.46. The van der Waals surface area contributed by atoms with E-state index >= 15 is 0 Å². The Kier molecular flexibility index (Phi) is 3.78. The number of carbonyl (C=O) groups excluding carboxylic acids is 1. The van der Waals surface area contributed by atoms with E-state index in [1.807, 2.05) is 0 Å². The maximum atomic E-state index is 10.9. The average molecular weight is 159 g/mol. The van der Waals surface area contributed by atoms with Gasteiger partial charge >= 0.3 is 5.97 Å². The lowest BCUT2D eigenvalue weighted by Crippen LogP contribution is -2.49. The highest BCUT2D eigenvalue weighted by atomic mass is 16.5. The van der Waals surface area contributed by atoms with Crippen LogP contribution in [0.15, 0.2) is 12.7 Å². The standard InChI is InChI=1S/C7H13NO3/c1-3-4-11-6(10)7(2,8)5-9/h3,9H,1,4-5,8H2,2H3/t7-/m0/s1. The zero-order valence-corrected chi connectivity index (χ0v) is 6.54. The van der Waals surface area contributed by atoms with E-state index in [4.69, 9.17) is 10.8 Å². The summed E-state index contributed by atoms with van der Waals surface area (Å²) in [7, 11) is 0. The first-order valence-corrected chi connectivity index (χ1v) is 3.22. The fourth-order valence-electron chi connectivity index (χ4n) is 0.364. The van der Waals surface area contributed by atoms with Crippen LogP contribution in [0.4, 0.5) is 0 Å². The topological polar surface area (TPSA) is 72.5 Å². The Balaban J connectivity index is 3.91. The highest BCUT2D eigenvalue weighted by molar-refractivity contribution is 5.80. The molecule has 64 valence electrons. The van der Waals surface area contributed by atoms with Crippen molar-refractivity contribution < 1.29 is 14.6 Å². The van der Waals surface area contributed by atoms with E-state index in [-0.39, 0.29) is 6.61 Å². The molecule has 0 aromatic heterocycles. The molecule has 0 spiro atoms. The van der Waals surface area contributed by atoms with E-state index in [2.05, 4.69) is 11.3 Å². The smallest absolute Gasteiger partial charge is 0.328 e. The van der Waals surface area contributed by atoms with Gasteiger partial charge in [-0.05, 0) is 6.92 Å². The quantitative estimate of drug-likeness (QED) is 0.425. The maximum absolute atomic E-state index is 10.9. The van der Waals surface area contributed by atoms with E-state index in [9.17, 15) is 4.79 Å². The number of nitrogens with two attached hydrogens (primary N) is 1. The van der Waals surface area contributed by atoms with Crippen LogP contribution in [0.1, 0.15) is 6.92 Å². The Bertz CT molecular complexity index is 154. The Morgan fingerprint density at radius 2 is 2.45 bits per heavy atom. The number of rotatable bonds is 4. The molecule has 0 rings (SSSR count). The summed E-state index contributed by atoms with van der Waals surface area (Å²) in [6, 6.07) is 0. The van der Waals surface area contributed by atoms with Crippen LogP contribution in [-0.4, -0.2) is 29.8 Å². The van der Waals surface area contributed by atoms with Crippen LogP contribution in [0.3, 0.4) is 0 Å². The Labute approximate surface area is 65.6 Å². The molecular weight excluding hydrogens is 146 g/mol. The van der Waals surface area contributed by atoms with Gasteiger partial charge in [-0.3, -0.25) is 0 Å². The maximum Gasteiger partial charge on any atom is 0.328 e. The third kappa shape index (κ3) is 3.15. The van der Waals surface area contributed by atoms with E-state index in [1.54, 1.807) is 0 Å². The molecule has 0 unspecified atom stereocenters. The number of carbonyl (C=O) groups is 1. The van der Waals surface area contributed by atoms with Crippen molar-refractivity contribution in [2.75, 3.05) is 13.2 Å². The molecule has 0 bridgehead atoms. The zero-order chi connectivity index (χ0) is 8.91. The predicted molar refractivity (Wildman–Crippen MR) is 40.8 cm³/mol. The van der Waals surface area contributed by atoms with Gasteiger partial charge in [-0.25, -0.2) is 4.79 Å². The van der Waals surface area contributed by atoms with Crippen LogP contribution < -0.4 is 5.73 Å². The van der Waals surface area contributed by atoms with Crippen molar-refractivity contribution in [2.45, 2.75) is 12.5 Å². The van der Waals surface area contributed by atoms with Crippen LogP contribution >= 0.6 is 0 Å². The van der Waals surface area contributed by atoms with Gasteiger partial charge in [0.1, 0.15) is 12.1 Å². The summed E-state index contributed by atoms with van der Waals surface area (Å²) < 4.78 is 4.60. The monoisotopic (exact) mass is 159 g/mol. The number of aliphatic hydroxyl groups excluding tert-OH is 1. The molecule has 0 fully saturated rings. The fourth-order valence-corrected chi connectivity index (χ4v) is 0.364. The molecule has 0 amide bonds. The summed E-state index contributed by atoms with van der Waals surface area (Å²) in [5.74, 6) is -0.625. The highest BCUT2D eigenvalue weighted by Crippen LogP contribution is 2.00. The Hall–Kier alpha value is -0.870. The van der Waals surface area contributed by atoms with Crippen LogP contribution in [0.2, 0.25) is 0 Å². The number of hydrogen-bond acceptors (Lipinski definition) is 4. The van der Waals surface area contributed by atoms with Crippen molar-refractivity contribution in [3.05, 3.63) is 12.7 Å². The van der Waals surface area contributed by atoms with Crippen molar-refractivity contribution in [1.82, 2.24) is 0 Å². The minimum absolute atomic E-state index is 0.117. The van der Waals surface area contributed by atoms with E-state index in [1.165, 1.54) is 13.0 Å². The second kappa shape index (κ2) is 4.10. The zero-order valence-electron chi connectivity index (χ0n) is 6.54. The molecule has 0 aliphatic carbocycles. The van der Waals surface area contributed by atoms with Crippen molar-refractivity contribution >= 4 is 5.97 Å². The van der Waals surface area contributed by atoms with E-state index < -0.39 is 18.1 Å². The third-order valence-corrected chi connectivity index (χ3v) is 1.13. The van der Waals surface area contributed by atoms with Crippen molar-refractivity contribution in [3.63, 3.8) is 0 Å². The van der Waals surface area contributed by atoms with Gasteiger partial charge in [0.25, 0.3) is 0 Å². The Morgan fingerprint density at radius 3 is 2.82 bits per heavy atom. The Morgan fingerprint density at radius 1 is 1.91 bits per heavy atom. The first-order valence-electron chi connectivity index (χ1n) is 3.22. The molecule has 0 saturated carbocycles. The van der Waals surface area contributed by atoms with E-state index in [0.717, 1.165) is 0 Å². The SMILES string of the molecule is C=CCOC(=O)[C@@](C)(N)CO. The van der Waals surface area contributed by atoms with Gasteiger partial charge in [0.05, 0.1) is 6.61 Å². The molecule has 3 N–H and O–H groups in total. The van der Waals surface area contributed by atoms with Crippen LogP contribution in [0.25, 0.3) is 0 Å². The molecule has 0 heterocycles. The molecule has 0 aliphatic heterocycles. The van der Waals surface area contributed by atoms with Crippen LogP contribution in [0.5, 0.6) is 0 Å². The number of esters is 1. The number of hydrogen-bond donors (Lipinski definition) is 2. The molecule has 1 atom stereocenters. The van der Waals surface area contributed by atoms with Crippen molar-refractivity contribution in [3.8, 4) is 0 Å². The van der Waals surface area contributed by atoms with Gasteiger partial charge in [0.15, 0.2) is 0 Å². The van der Waals surface area contributed by atoms with Gasteiger partial charge < -0.3 is 15.6 Å². The van der Waals surface area contributed by atoms with Gasteiger partial charge in [-0.2, -0.15) is 0 Å². The largest absolute Gasteiger partial charge is 0.460 e. The number of ether oxygens (including phenoxy) is 1. The lowest BCUT2D eigenvalue weighted by atomic mass is 10.1. The van der Waals surface area contributed by atoms with Gasteiger partial charge in [-0.1, -0.05) is 12.7 Å². The summed E-state index contributed by atoms with van der Waals surface area (Å²) in [5.41, 5.74) is 4.04. The first-order chi connectivity index (χ1) is 5.04. The summed E-state index contributed by atoms with van der Waals surface area (Å²) in [6.07, 6.45) is 1.44. The summed E-state index contributed by atoms with van der Waals surface area (Å²) in [6.45, 7) is 4.45. The molecular formula is C7H13NO3. The minimum Gasteiger partial charge on any atom is -0.460 e. The number of aliphatic hydroxyl groups is 1. The molecule has 0 saturated heterocycles. The minimum atomic E-state index is -1.30. The molecule has 4 heteroatoms.